The molecule has 0 aromatic rings. The quantitative estimate of drug-likeness (QED) is 0.296. The van der Waals surface area contributed by atoms with E-state index in [1.807, 2.05) is 0 Å². The first-order chi connectivity index (χ1) is 1.73. The monoisotopic (exact) mass is 112 g/mol. The summed E-state index contributed by atoms with van der Waals surface area (Å²) < 4.78 is 0. The Labute approximate surface area is 69.0 Å². The second-order valence-corrected chi connectivity index (χ2v) is 0.346. The molecule has 0 heterocycles. The average Bonchev–Trinajstić information content (AvgIpc) is 0.811. The zero-order valence-electron chi connectivity index (χ0n) is 3.50. The maximum absolute atomic E-state index is 7.17. The van der Waals surface area contributed by atoms with Gasteiger partial charge in [0.15, 0.2) is 0 Å². The fraction of sp³-hybridized carbons (Fsp3) is 0. The Morgan fingerprint density at radius 2 is 1.00 bits per heavy atom. The Morgan fingerprint density at radius 3 is 1.00 bits per heavy atom. The fourth-order valence-corrected chi connectivity index (χ4v) is 0. The van der Waals surface area contributed by atoms with Crippen molar-refractivity contribution in [3.8, 4) is 0 Å². The Hall–Kier alpha value is 1.48. The van der Waals surface area contributed by atoms with Gasteiger partial charge in [0.05, 0.1) is 0 Å². The van der Waals surface area contributed by atoms with Crippen LogP contribution in [0.25, 0.3) is 0 Å². The molecule has 28 valence electrons. The molecule has 0 aliphatic rings. The molecule has 0 aromatic carbocycles. The van der Waals surface area contributed by atoms with E-state index in [4.69, 9.17) is 15.1 Å². The minimum atomic E-state index is -2.17. The van der Waals surface area contributed by atoms with Gasteiger partial charge in [0.1, 0.15) is 0 Å². The number of hydrogen-bond donors (Lipinski definition) is 3. The van der Waals surface area contributed by atoms with Gasteiger partial charge in [0, 0.05) is 46.9 Å². The topological polar surface area (TPSA) is 60.7 Å². The summed E-state index contributed by atoms with van der Waals surface area (Å²) in [6.07, 6.45) is 0. The van der Waals surface area contributed by atoms with E-state index >= 15 is 0 Å². The summed E-state index contributed by atoms with van der Waals surface area (Å²) in [4.78, 5) is 0. The summed E-state index contributed by atoms with van der Waals surface area (Å²) in [5, 5.41) is 21.5. The van der Waals surface area contributed by atoms with Crippen molar-refractivity contribution in [3.05, 3.63) is 0 Å². The molecule has 0 aliphatic carbocycles. The minimum Gasteiger partial charge on any atom is -0.402 e. The summed E-state index contributed by atoms with van der Waals surface area (Å²) >= 11 is 0. The third kappa shape index (κ3) is 50.3. The molecular formula is H3AlBNaO3. The molecule has 0 saturated carbocycles. The van der Waals surface area contributed by atoms with Crippen molar-refractivity contribution < 1.29 is 15.1 Å². The normalized spacial score (nSPS) is 4.50. The van der Waals surface area contributed by atoms with Crippen LogP contribution in [-0.4, -0.2) is 69.3 Å². The van der Waals surface area contributed by atoms with Gasteiger partial charge in [-0.3, -0.25) is 0 Å². The molecule has 0 aromatic heterocycles. The molecule has 0 atom stereocenters. The Bertz CT molecular complexity index is 15.5. The van der Waals surface area contributed by atoms with E-state index in [1.165, 1.54) is 0 Å². The number of rotatable bonds is 0. The minimum absolute atomic E-state index is 0. The van der Waals surface area contributed by atoms with Crippen LogP contribution in [0.3, 0.4) is 0 Å². The second kappa shape index (κ2) is 9.69. The van der Waals surface area contributed by atoms with Gasteiger partial charge >= 0.3 is 7.32 Å². The smallest absolute Gasteiger partial charge is 0.402 e. The molecule has 3 N–H and O–H groups in total. The van der Waals surface area contributed by atoms with Crippen LogP contribution in [0.1, 0.15) is 0 Å². The first-order valence-corrected chi connectivity index (χ1v) is 0.775. The van der Waals surface area contributed by atoms with Crippen molar-refractivity contribution in [1.82, 2.24) is 0 Å². The molecule has 6 heteroatoms. The van der Waals surface area contributed by atoms with Crippen molar-refractivity contribution in [2.45, 2.75) is 0 Å². The van der Waals surface area contributed by atoms with Crippen molar-refractivity contribution >= 4 is 54.2 Å². The van der Waals surface area contributed by atoms with Gasteiger partial charge in [0.2, 0.25) is 0 Å². The van der Waals surface area contributed by atoms with Crippen LogP contribution in [0, 0.1) is 0 Å². The summed E-state index contributed by atoms with van der Waals surface area (Å²) in [5.74, 6) is 0. The summed E-state index contributed by atoms with van der Waals surface area (Å²) in [7, 11) is -2.17. The molecule has 0 fully saturated rings. The summed E-state index contributed by atoms with van der Waals surface area (Å²) in [5.41, 5.74) is 0. The molecule has 0 amide bonds. The van der Waals surface area contributed by atoms with E-state index < -0.39 is 7.32 Å². The standard InChI is InChI=1S/Al.BH3O3.Na/c;2-1(3)4;/h;2-4H;. The van der Waals surface area contributed by atoms with E-state index in [9.17, 15) is 0 Å². The predicted molar refractivity (Wildman–Crippen MR) is 23.9 cm³/mol. The Balaban J connectivity index is -0.0000000450. The van der Waals surface area contributed by atoms with Gasteiger partial charge in [-0.05, 0) is 0 Å². The molecule has 0 aliphatic heterocycles. The van der Waals surface area contributed by atoms with Crippen LogP contribution in [0.4, 0.5) is 0 Å². The van der Waals surface area contributed by atoms with Crippen LogP contribution in [-0.2, 0) is 0 Å². The molecule has 0 rings (SSSR count). The van der Waals surface area contributed by atoms with Crippen molar-refractivity contribution in [2.24, 2.45) is 0 Å². The molecule has 3 nitrogen and oxygen atoms in total. The maximum Gasteiger partial charge on any atom is 0.631 e. The Kier molecular flexibility index (Phi) is 25.3. The van der Waals surface area contributed by atoms with Crippen LogP contribution in [0.5, 0.6) is 0 Å². The van der Waals surface area contributed by atoms with Crippen LogP contribution in [0.2, 0.25) is 0 Å². The molecule has 0 unspecified atom stereocenters. The van der Waals surface area contributed by atoms with Gasteiger partial charge in [0.25, 0.3) is 0 Å². The molecule has 6 heavy (non-hydrogen) atoms. The van der Waals surface area contributed by atoms with E-state index in [0.29, 0.717) is 0 Å². The van der Waals surface area contributed by atoms with Crippen molar-refractivity contribution in [1.29, 1.82) is 0 Å². The first kappa shape index (κ1) is 15.6. The molecule has 4 radical (unpaired) electrons. The van der Waals surface area contributed by atoms with Gasteiger partial charge in [-0.2, -0.15) is 0 Å². The van der Waals surface area contributed by atoms with Crippen LogP contribution >= 0.6 is 0 Å². The van der Waals surface area contributed by atoms with E-state index in [1.54, 1.807) is 0 Å². The van der Waals surface area contributed by atoms with Crippen molar-refractivity contribution in [3.63, 3.8) is 0 Å². The van der Waals surface area contributed by atoms with E-state index in [2.05, 4.69) is 0 Å². The van der Waals surface area contributed by atoms with Crippen LogP contribution in [0.15, 0.2) is 0 Å². The fourth-order valence-electron chi connectivity index (χ4n) is 0. The van der Waals surface area contributed by atoms with Gasteiger partial charge in [-0.1, -0.05) is 0 Å². The summed E-state index contributed by atoms with van der Waals surface area (Å²) in [6.45, 7) is 0. The zero-order valence-corrected chi connectivity index (χ0v) is 6.65. The van der Waals surface area contributed by atoms with E-state index in [-0.39, 0.29) is 46.9 Å². The zero-order chi connectivity index (χ0) is 3.58. The average molecular weight is 112 g/mol. The molecule has 0 saturated heterocycles. The largest absolute Gasteiger partial charge is 0.631 e. The second-order valence-electron chi connectivity index (χ2n) is 0.346. The third-order valence-electron chi connectivity index (χ3n) is 0. The summed E-state index contributed by atoms with van der Waals surface area (Å²) in [6, 6.07) is 0. The third-order valence-corrected chi connectivity index (χ3v) is 0. The van der Waals surface area contributed by atoms with Gasteiger partial charge < -0.3 is 15.1 Å². The maximum atomic E-state index is 7.17. The van der Waals surface area contributed by atoms with Gasteiger partial charge in [-0.25, -0.2) is 0 Å². The van der Waals surface area contributed by atoms with Crippen molar-refractivity contribution in [2.75, 3.05) is 0 Å². The predicted octanol–water partition coefficient (Wildman–Crippen LogP) is -2.81. The molecular weight excluding hydrogens is 109 g/mol. The molecule has 0 spiro atoms. The Morgan fingerprint density at radius 1 is 1.00 bits per heavy atom. The number of hydrogen-bond acceptors (Lipinski definition) is 3. The van der Waals surface area contributed by atoms with Gasteiger partial charge in [-0.15, -0.1) is 0 Å². The molecule has 0 bridgehead atoms. The SMILES string of the molecule is OB(O)O.[Al].[Na]. The van der Waals surface area contributed by atoms with E-state index in [0.717, 1.165) is 0 Å². The first-order valence-electron chi connectivity index (χ1n) is 0.775. The van der Waals surface area contributed by atoms with Crippen LogP contribution < -0.4 is 0 Å².